The van der Waals surface area contributed by atoms with E-state index in [1.807, 2.05) is 6.07 Å². The Bertz CT molecular complexity index is 479. The van der Waals surface area contributed by atoms with Gasteiger partial charge >= 0.3 is 0 Å². The largest absolute Gasteiger partial charge is 0.386 e. The van der Waals surface area contributed by atoms with Crippen molar-refractivity contribution in [2.75, 3.05) is 40.3 Å². The lowest BCUT2D eigenvalue weighted by Gasteiger charge is -2.17. The number of nitrogens with one attached hydrogen (secondary N) is 2. The van der Waals surface area contributed by atoms with Gasteiger partial charge in [0.05, 0.1) is 4.34 Å². The third-order valence-corrected chi connectivity index (χ3v) is 4.99. The molecule has 1 saturated heterocycles. The van der Waals surface area contributed by atoms with Crippen molar-refractivity contribution in [3.8, 4) is 0 Å². The van der Waals surface area contributed by atoms with E-state index < -0.39 is 6.10 Å². The standard InChI is InChI=1S/C14H23ClN4OS/c1-16-14(17-7-10-5-6-19(2)9-10)18-8-11(20)12-3-4-13(15)21-12/h3-4,10-11,20H,5-9H2,1-2H3,(H2,16,17,18). The summed E-state index contributed by atoms with van der Waals surface area (Å²) in [5.41, 5.74) is 0. The Morgan fingerprint density at radius 1 is 1.57 bits per heavy atom. The number of hydrogen-bond acceptors (Lipinski definition) is 4. The highest BCUT2D eigenvalue weighted by molar-refractivity contribution is 7.16. The topological polar surface area (TPSA) is 59.9 Å². The summed E-state index contributed by atoms with van der Waals surface area (Å²) in [4.78, 5) is 7.39. The minimum Gasteiger partial charge on any atom is -0.386 e. The van der Waals surface area contributed by atoms with Gasteiger partial charge in [-0.25, -0.2) is 0 Å². The van der Waals surface area contributed by atoms with Crippen LogP contribution in [0.25, 0.3) is 0 Å². The van der Waals surface area contributed by atoms with Gasteiger partial charge in [-0.3, -0.25) is 4.99 Å². The van der Waals surface area contributed by atoms with E-state index in [0.29, 0.717) is 16.8 Å². The van der Waals surface area contributed by atoms with Crippen LogP contribution in [0.2, 0.25) is 4.34 Å². The Kier molecular flexibility index (Phi) is 6.29. The van der Waals surface area contributed by atoms with Crippen molar-refractivity contribution >= 4 is 28.9 Å². The molecule has 2 rings (SSSR count). The number of rotatable bonds is 5. The number of halogens is 1. The maximum atomic E-state index is 10.1. The van der Waals surface area contributed by atoms with E-state index in [1.54, 1.807) is 13.1 Å². The smallest absolute Gasteiger partial charge is 0.191 e. The summed E-state index contributed by atoms with van der Waals surface area (Å²) in [6, 6.07) is 3.65. The average molecular weight is 331 g/mol. The molecule has 0 radical (unpaired) electrons. The van der Waals surface area contributed by atoms with Crippen molar-refractivity contribution < 1.29 is 5.11 Å². The number of likely N-dealkylation sites (tertiary alicyclic amines) is 1. The molecule has 2 heterocycles. The predicted molar refractivity (Wildman–Crippen MR) is 89.3 cm³/mol. The molecule has 1 fully saturated rings. The highest BCUT2D eigenvalue weighted by Crippen LogP contribution is 2.26. The molecule has 1 aromatic rings. The molecular formula is C14H23ClN4OS. The van der Waals surface area contributed by atoms with Gasteiger partial charge in [0, 0.05) is 31.6 Å². The summed E-state index contributed by atoms with van der Waals surface area (Å²) in [7, 11) is 3.89. The van der Waals surface area contributed by atoms with Crippen LogP contribution in [-0.2, 0) is 0 Å². The first kappa shape index (κ1) is 16.5. The van der Waals surface area contributed by atoms with E-state index in [1.165, 1.54) is 17.8 Å². The fourth-order valence-corrected chi connectivity index (χ4v) is 3.50. The summed E-state index contributed by atoms with van der Waals surface area (Å²) >= 11 is 7.27. The van der Waals surface area contributed by atoms with Gasteiger partial charge < -0.3 is 20.6 Å². The lowest BCUT2D eigenvalue weighted by molar-refractivity contribution is 0.184. The molecule has 118 valence electrons. The monoisotopic (exact) mass is 330 g/mol. The van der Waals surface area contributed by atoms with Crippen molar-refractivity contribution in [3.63, 3.8) is 0 Å². The second-order valence-electron chi connectivity index (χ2n) is 5.41. The van der Waals surface area contributed by atoms with Gasteiger partial charge in [0.15, 0.2) is 5.96 Å². The molecule has 0 spiro atoms. The predicted octanol–water partition coefficient (Wildman–Crippen LogP) is 1.55. The Balaban J connectivity index is 1.72. The highest BCUT2D eigenvalue weighted by Gasteiger charge is 2.19. The van der Waals surface area contributed by atoms with Gasteiger partial charge in [0.2, 0.25) is 0 Å². The van der Waals surface area contributed by atoms with Crippen LogP contribution in [0.4, 0.5) is 0 Å². The van der Waals surface area contributed by atoms with Crippen molar-refractivity contribution in [2.24, 2.45) is 10.9 Å². The van der Waals surface area contributed by atoms with Gasteiger partial charge in [0.1, 0.15) is 6.10 Å². The molecule has 5 nitrogen and oxygen atoms in total. The number of aliphatic hydroxyl groups is 1. The van der Waals surface area contributed by atoms with Gasteiger partial charge in [0.25, 0.3) is 0 Å². The molecule has 21 heavy (non-hydrogen) atoms. The fourth-order valence-electron chi connectivity index (χ4n) is 2.46. The van der Waals surface area contributed by atoms with Gasteiger partial charge in [-0.15, -0.1) is 11.3 Å². The first-order valence-corrected chi connectivity index (χ1v) is 8.34. The van der Waals surface area contributed by atoms with Crippen LogP contribution in [0.3, 0.4) is 0 Å². The quantitative estimate of drug-likeness (QED) is 0.566. The molecule has 1 aliphatic rings. The van der Waals surface area contributed by atoms with E-state index in [-0.39, 0.29) is 0 Å². The number of thiophene rings is 1. The molecule has 0 bridgehead atoms. The van der Waals surface area contributed by atoms with Crippen molar-refractivity contribution in [1.29, 1.82) is 0 Å². The Morgan fingerprint density at radius 3 is 2.95 bits per heavy atom. The van der Waals surface area contributed by atoms with Crippen LogP contribution in [0, 0.1) is 5.92 Å². The van der Waals surface area contributed by atoms with E-state index in [9.17, 15) is 5.11 Å². The molecule has 1 aliphatic heterocycles. The number of nitrogens with zero attached hydrogens (tertiary/aromatic N) is 2. The summed E-state index contributed by atoms with van der Waals surface area (Å²) < 4.78 is 0.692. The zero-order valence-corrected chi connectivity index (χ0v) is 14.0. The summed E-state index contributed by atoms with van der Waals surface area (Å²) in [6.45, 7) is 3.61. The second kappa shape index (κ2) is 7.98. The van der Waals surface area contributed by atoms with E-state index in [4.69, 9.17) is 11.6 Å². The highest BCUT2D eigenvalue weighted by atomic mass is 35.5. The first-order valence-electron chi connectivity index (χ1n) is 7.15. The van der Waals surface area contributed by atoms with Gasteiger partial charge in [-0.2, -0.15) is 0 Å². The third-order valence-electron chi connectivity index (χ3n) is 3.66. The number of hydrogen-bond donors (Lipinski definition) is 3. The first-order chi connectivity index (χ1) is 10.1. The number of aliphatic hydroxyl groups excluding tert-OH is 1. The molecule has 7 heteroatoms. The minimum atomic E-state index is -0.571. The summed E-state index contributed by atoms with van der Waals surface area (Å²) in [5.74, 6) is 1.39. The van der Waals surface area contributed by atoms with Crippen LogP contribution in [0.1, 0.15) is 17.4 Å². The SMILES string of the molecule is CN=C(NCC1CCN(C)C1)NCC(O)c1ccc(Cl)s1. The molecule has 0 aliphatic carbocycles. The van der Waals surface area contributed by atoms with Crippen molar-refractivity contribution in [2.45, 2.75) is 12.5 Å². The Morgan fingerprint density at radius 2 is 2.38 bits per heavy atom. The van der Waals surface area contributed by atoms with Crippen LogP contribution < -0.4 is 10.6 Å². The van der Waals surface area contributed by atoms with Crippen LogP contribution in [-0.4, -0.2) is 56.2 Å². The lowest BCUT2D eigenvalue weighted by atomic mass is 10.1. The fraction of sp³-hybridized carbons (Fsp3) is 0.643. The normalized spacial score (nSPS) is 21.5. The average Bonchev–Trinajstić information content (AvgIpc) is 3.07. The number of aliphatic imine (C=N–C) groups is 1. The van der Waals surface area contributed by atoms with Crippen LogP contribution >= 0.6 is 22.9 Å². The maximum absolute atomic E-state index is 10.1. The zero-order valence-electron chi connectivity index (χ0n) is 12.5. The Labute approximate surface area is 135 Å². The van der Waals surface area contributed by atoms with Crippen molar-refractivity contribution in [1.82, 2.24) is 15.5 Å². The molecule has 2 atom stereocenters. The van der Waals surface area contributed by atoms with Crippen molar-refractivity contribution in [3.05, 3.63) is 21.3 Å². The molecule has 1 aromatic heterocycles. The van der Waals surface area contributed by atoms with E-state index >= 15 is 0 Å². The lowest BCUT2D eigenvalue weighted by Crippen LogP contribution is -2.41. The Hall–Kier alpha value is -0.820. The summed E-state index contributed by atoms with van der Waals surface area (Å²) in [6.07, 6.45) is 0.648. The number of guanidine groups is 1. The molecule has 0 amide bonds. The third kappa shape index (κ3) is 5.14. The molecule has 2 unspecified atom stereocenters. The molecule has 0 saturated carbocycles. The summed E-state index contributed by atoms with van der Waals surface area (Å²) in [5, 5.41) is 16.6. The van der Waals surface area contributed by atoms with E-state index in [0.717, 1.165) is 30.5 Å². The van der Waals surface area contributed by atoms with Crippen LogP contribution in [0.5, 0.6) is 0 Å². The molecule has 0 aromatic carbocycles. The molecular weight excluding hydrogens is 308 g/mol. The van der Waals surface area contributed by atoms with E-state index in [2.05, 4.69) is 27.6 Å². The van der Waals surface area contributed by atoms with Crippen LogP contribution in [0.15, 0.2) is 17.1 Å². The van der Waals surface area contributed by atoms with Gasteiger partial charge in [-0.1, -0.05) is 11.6 Å². The minimum absolute atomic E-state index is 0.418. The maximum Gasteiger partial charge on any atom is 0.191 e. The zero-order chi connectivity index (χ0) is 15.2. The van der Waals surface area contributed by atoms with Gasteiger partial charge in [-0.05, 0) is 38.1 Å². The second-order valence-corrected chi connectivity index (χ2v) is 7.16. The molecule has 3 N–H and O–H groups in total.